The number of aromatic nitrogens is 1. The van der Waals surface area contributed by atoms with Crippen LogP contribution in [-0.2, 0) is 11.2 Å². The smallest absolute Gasteiger partial charge is 0.223 e. The molecule has 5 heteroatoms. The van der Waals surface area contributed by atoms with Crippen LogP contribution >= 0.6 is 11.3 Å². The predicted molar refractivity (Wildman–Crippen MR) is 95.0 cm³/mol. The van der Waals surface area contributed by atoms with E-state index in [-0.39, 0.29) is 11.9 Å². The maximum absolute atomic E-state index is 12.6. The van der Waals surface area contributed by atoms with E-state index < -0.39 is 0 Å². The first kappa shape index (κ1) is 16.0. The number of nitrogens with zero attached hydrogens (tertiary/aromatic N) is 3. The van der Waals surface area contributed by atoms with E-state index in [9.17, 15) is 4.79 Å². The lowest BCUT2D eigenvalue weighted by Gasteiger charge is -2.39. The molecule has 0 N–H and O–H groups in total. The Morgan fingerprint density at radius 2 is 2.26 bits per heavy atom. The SMILES string of the molecule is Cc1cccc(CCC(=O)N2CCN(c3nccs3)CC2C)c1. The van der Waals surface area contributed by atoms with Gasteiger partial charge in [-0.25, -0.2) is 4.98 Å². The second-order valence-corrected chi connectivity index (χ2v) is 7.06. The molecule has 1 saturated heterocycles. The third-order valence-electron chi connectivity index (χ3n) is 4.35. The van der Waals surface area contributed by atoms with Gasteiger partial charge in [0.1, 0.15) is 0 Å². The molecule has 1 aromatic carbocycles. The minimum absolute atomic E-state index is 0.234. The average molecular weight is 329 g/mol. The lowest BCUT2D eigenvalue weighted by Crippen LogP contribution is -2.54. The van der Waals surface area contributed by atoms with Crippen molar-refractivity contribution in [3.63, 3.8) is 0 Å². The van der Waals surface area contributed by atoms with E-state index in [1.54, 1.807) is 11.3 Å². The van der Waals surface area contributed by atoms with Crippen LogP contribution in [-0.4, -0.2) is 41.5 Å². The molecule has 1 aliphatic heterocycles. The molecule has 1 aliphatic rings. The summed E-state index contributed by atoms with van der Waals surface area (Å²) in [7, 11) is 0. The van der Waals surface area contributed by atoms with Crippen molar-refractivity contribution in [1.82, 2.24) is 9.88 Å². The van der Waals surface area contributed by atoms with Crippen LogP contribution in [0.15, 0.2) is 35.8 Å². The van der Waals surface area contributed by atoms with Gasteiger partial charge in [-0.2, -0.15) is 0 Å². The summed E-state index contributed by atoms with van der Waals surface area (Å²) >= 11 is 1.66. The summed E-state index contributed by atoms with van der Waals surface area (Å²) in [5.74, 6) is 0.262. The van der Waals surface area contributed by atoms with Crippen LogP contribution in [0, 0.1) is 6.92 Å². The number of anilines is 1. The van der Waals surface area contributed by atoms with Gasteiger partial charge in [-0.1, -0.05) is 29.8 Å². The number of amides is 1. The number of hydrogen-bond donors (Lipinski definition) is 0. The molecular formula is C18H23N3OS. The summed E-state index contributed by atoms with van der Waals surface area (Å²) in [5.41, 5.74) is 2.49. The number of piperazine rings is 1. The lowest BCUT2D eigenvalue weighted by molar-refractivity contribution is -0.133. The van der Waals surface area contributed by atoms with Crippen LogP contribution in [0.4, 0.5) is 5.13 Å². The summed E-state index contributed by atoms with van der Waals surface area (Å²) in [6, 6.07) is 8.65. The Morgan fingerprint density at radius 1 is 1.39 bits per heavy atom. The third-order valence-corrected chi connectivity index (χ3v) is 5.18. The van der Waals surface area contributed by atoms with E-state index in [0.29, 0.717) is 6.42 Å². The van der Waals surface area contributed by atoms with Crippen molar-refractivity contribution in [2.45, 2.75) is 32.7 Å². The van der Waals surface area contributed by atoms with E-state index in [0.717, 1.165) is 31.2 Å². The minimum Gasteiger partial charge on any atom is -0.344 e. The Kier molecular flexibility index (Phi) is 4.96. The lowest BCUT2D eigenvalue weighted by atomic mass is 10.1. The largest absolute Gasteiger partial charge is 0.344 e. The van der Waals surface area contributed by atoms with Crippen molar-refractivity contribution in [1.29, 1.82) is 0 Å². The molecule has 0 spiro atoms. The van der Waals surface area contributed by atoms with Crippen molar-refractivity contribution in [3.05, 3.63) is 47.0 Å². The number of carbonyl (C=O) groups is 1. The Hall–Kier alpha value is -1.88. The van der Waals surface area contributed by atoms with Crippen molar-refractivity contribution in [2.75, 3.05) is 24.5 Å². The molecule has 4 nitrogen and oxygen atoms in total. The van der Waals surface area contributed by atoms with Gasteiger partial charge in [0.25, 0.3) is 0 Å². The molecule has 23 heavy (non-hydrogen) atoms. The second-order valence-electron chi connectivity index (χ2n) is 6.19. The van der Waals surface area contributed by atoms with Gasteiger partial charge in [0.15, 0.2) is 5.13 Å². The maximum Gasteiger partial charge on any atom is 0.223 e. The van der Waals surface area contributed by atoms with Crippen LogP contribution in [0.2, 0.25) is 0 Å². The highest BCUT2D eigenvalue weighted by Crippen LogP contribution is 2.22. The number of rotatable bonds is 4. The quantitative estimate of drug-likeness (QED) is 0.865. The van der Waals surface area contributed by atoms with E-state index in [1.807, 2.05) is 16.5 Å². The topological polar surface area (TPSA) is 36.4 Å². The number of hydrogen-bond acceptors (Lipinski definition) is 4. The zero-order valence-corrected chi connectivity index (χ0v) is 14.6. The van der Waals surface area contributed by atoms with Crippen LogP contribution in [0.3, 0.4) is 0 Å². The van der Waals surface area contributed by atoms with E-state index in [4.69, 9.17) is 0 Å². The summed E-state index contributed by atoms with van der Waals surface area (Å²) in [6.45, 7) is 6.74. The van der Waals surface area contributed by atoms with E-state index in [1.165, 1.54) is 11.1 Å². The fraction of sp³-hybridized carbons (Fsp3) is 0.444. The molecule has 1 fully saturated rings. The molecule has 3 rings (SSSR count). The number of aryl methyl sites for hydroxylation is 2. The third kappa shape index (κ3) is 3.91. The van der Waals surface area contributed by atoms with Gasteiger partial charge in [0.05, 0.1) is 0 Å². The average Bonchev–Trinajstić information content (AvgIpc) is 3.07. The monoisotopic (exact) mass is 329 g/mol. The first-order chi connectivity index (χ1) is 11.1. The van der Waals surface area contributed by atoms with Crippen LogP contribution in [0.25, 0.3) is 0 Å². The molecular weight excluding hydrogens is 306 g/mol. The summed E-state index contributed by atoms with van der Waals surface area (Å²) in [6.07, 6.45) is 3.25. The highest BCUT2D eigenvalue weighted by Gasteiger charge is 2.27. The summed E-state index contributed by atoms with van der Waals surface area (Å²) in [5, 5.41) is 3.06. The van der Waals surface area contributed by atoms with Crippen molar-refractivity contribution in [3.8, 4) is 0 Å². The van der Waals surface area contributed by atoms with Gasteiger partial charge in [-0.3, -0.25) is 4.79 Å². The molecule has 1 unspecified atom stereocenters. The molecule has 122 valence electrons. The Bertz CT molecular complexity index is 656. The minimum atomic E-state index is 0.234. The highest BCUT2D eigenvalue weighted by atomic mass is 32.1. The van der Waals surface area contributed by atoms with Gasteiger partial charge in [-0.15, -0.1) is 11.3 Å². The first-order valence-corrected chi connectivity index (χ1v) is 9.01. The Morgan fingerprint density at radius 3 is 2.96 bits per heavy atom. The zero-order valence-electron chi connectivity index (χ0n) is 13.7. The van der Waals surface area contributed by atoms with Crippen LogP contribution < -0.4 is 4.90 Å². The Labute approximate surface area is 141 Å². The van der Waals surface area contributed by atoms with Gasteiger partial charge in [0, 0.05) is 43.7 Å². The molecule has 0 aliphatic carbocycles. The molecule has 1 atom stereocenters. The maximum atomic E-state index is 12.6. The van der Waals surface area contributed by atoms with Crippen LogP contribution in [0.1, 0.15) is 24.5 Å². The standard InChI is InChI=1S/C18H23N3OS/c1-14-4-3-5-16(12-14)6-7-17(22)21-10-9-20(13-15(21)2)18-19-8-11-23-18/h3-5,8,11-12,15H,6-7,9-10,13H2,1-2H3. The molecule has 0 saturated carbocycles. The van der Waals surface area contributed by atoms with Gasteiger partial charge >= 0.3 is 0 Å². The number of carbonyl (C=O) groups excluding carboxylic acids is 1. The molecule has 0 bridgehead atoms. The molecule has 2 heterocycles. The Balaban J connectivity index is 1.54. The van der Waals surface area contributed by atoms with E-state index in [2.05, 4.69) is 48.0 Å². The van der Waals surface area contributed by atoms with Crippen LogP contribution in [0.5, 0.6) is 0 Å². The van der Waals surface area contributed by atoms with Gasteiger partial charge in [-0.05, 0) is 25.8 Å². The number of benzene rings is 1. The second kappa shape index (κ2) is 7.13. The molecule has 0 radical (unpaired) electrons. The van der Waals surface area contributed by atoms with E-state index >= 15 is 0 Å². The fourth-order valence-electron chi connectivity index (χ4n) is 3.14. The van der Waals surface area contributed by atoms with Gasteiger partial charge in [0.2, 0.25) is 5.91 Å². The molecule has 1 amide bonds. The van der Waals surface area contributed by atoms with Gasteiger partial charge < -0.3 is 9.80 Å². The van der Waals surface area contributed by atoms with Crippen molar-refractivity contribution < 1.29 is 4.79 Å². The normalized spacial score (nSPS) is 18.3. The fourth-order valence-corrected chi connectivity index (χ4v) is 3.82. The summed E-state index contributed by atoms with van der Waals surface area (Å²) in [4.78, 5) is 21.2. The summed E-state index contributed by atoms with van der Waals surface area (Å²) < 4.78 is 0. The molecule has 1 aromatic heterocycles. The van der Waals surface area contributed by atoms with Crippen molar-refractivity contribution >= 4 is 22.4 Å². The number of thiazole rings is 1. The first-order valence-electron chi connectivity index (χ1n) is 8.13. The highest BCUT2D eigenvalue weighted by molar-refractivity contribution is 7.13. The predicted octanol–water partition coefficient (Wildman–Crippen LogP) is 3.12. The molecule has 2 aromatic rings. The zero-order chi connectivity index (χ0) is 16.2. The van der Waals surface area contributed by atoms with Crippen molar-refractivity contribution in [2.24, 2.45) is 0 Å².